The van der Waals surface area contributed by atoms with Gasteiger partial charge in [0.15, 0.2) is 27.4 Å². The Morgan fingerprint density at radius 1 is 0.738 bits per heavy atom. The average Bonchev–Trinajstić information content (AvgIpc) is 3.30. The molecule has 42 heavy (non-hydrogen) atoms. The molecule has 0 amide bonds. The van der Waals surface area contributed by atoms with Gasteiger partial charge in [-0.15, -0.1) is 0 Å². The zero-order valence-corrected chi connectivity index (χ0v) is 33.4. The van der Waals surface area contributed by atoms with Crippen molar-refractivity contribution >= 4 is 67.8 Å². The smallest absolute Gasteiger partial charge is 0.306 e. The predicted octanol–water partition coefficient (Wildman–Crippen LogP) is 9.33. The van der Waals surface area contributed by atoms with Crippen LogP contribution in [-0.4, -0.2) is 72.6 Å². The Labute approximate surface area is 272 Å². The molecule has 0 aromatic carbocycles. The van der Waals surface area contributed by atoms with Gasteiger partial charge < -0.3 is 22.8 Å². The maximum atomic E-state index is 12.6. The minimum absolute atomic E-state index is 0.00984. The summed E-state index contributed by atoms with van der Waals surface area (Å²) < 4.78 is 27.7. The van der Waals surface area contributed by atoms with Crippen LogP contribution in [0.15, 0.2) is 0 Å². The molecule has 1 saturated heterocycles. The number of carbonyl (C=O) groups excluding carboxylic acids is 2. The van der Waals surface area contributed by atoms with E-state index in [2.05, 4.69) is 67.7 Å². The lowest BCUT2D eigenvalue weighted by Crippen LogP contribution is -2.40. The first-order valence-corrected chi connectivity index (χ1v) is 27.2. The van der Waals surface area contributed by atoms with E-state index in [4.69, 9.17) is 34.7 Å². The van der Waals surface area contributed by atoms with Gasteiger partial charge in [0.1, 0.15) is 6.61 Å². The van der Waals surface area contributed by atoms with E-state index in [1.165, 1.54) is 0 Å². The predicted molar refractivity (Wildman–Crippen MR) is 189 cm³/mol. The monoisotopic (exact) mass is 702 g/mol. The summed E-state index contributed by atoms with van der Waals surface area (Å²) in [6.07, 6.45) is 5.13. The summed E-state index contributed by atoms with van der Waals surface area (Å²) in [4.78, 5) is 25.0. The van der Waals surface area contributed by atoms with Gasteiger partial charge in [-0.05, 0) is 73.8 Å². The third kappa shape index (κ3) is 16.2. The molecular weight excluding hydrogens is 644 g/mol. The van der Waals surface area contributed by atoms with Gasteiger partial charge in [-0.1, -0.05) is 77.1 Å². The van der Waals surface area contributed by atoms with Crippen LogP contribution in [0, 0.1) is 0 Å². The van der Waals surface area contributed by atoms with Crippen LogP contribution in [0.25, 0.3) is 0 Å². The van der Waals surface area contributed by atoms with Gasteiger partial charge in [0.2, 0.25) is 0 Å². The summed E-state index contributed by atoms with van der Waals surface area (Å²) in [5.74, 6) is 1.37. The molecule has 0 aromatic heterocycles. The van der Waals surface area contributed by atoms with Crippen LogP contribution < -0.4 is 0 Å². The van der Waals surface area contributed by atoms with Gasteiger partial charge in [0.05, 0.1) is 6.61 Å². The van der Waals surface area contributed by atoms with Crippen LogP contribution in [0.3, 0.4) is 0 Å². The molecule has 0 bridgehead atoms. The molecule has 1 rings (SSSR count). The molecule has 13 heteroatoms. The van der Waals surface area contributed by atoms with Crippen molar-refractivity contribution in [3.63, 3.8) is 0 Å². The van der Waals surface area contributed by atoms with Crippen molar-refractivity contribution in [3.8, 4) is 0 Å². The van der Waals surface area contributed by atoms with Crippen LogP contribution in [0.4, 0.5) is 0 Å². The summed E-state index contributed by atoms with van der Waals surface area (Å²) in [6, 6.07) is 0. The Hall–Kier alpha value is 0.604. The zero-order chi connectivity index (χ0) is 32.1. The number of rotatable bonds is 20. The van der Waals surface area contributed by atoms with E-state index in [0.717, 1.165) is 63.2 Å². The van der Waals surface area contributed by atoms with Crippen molar-refractivity contribution in [2.45, 2.75) is 135 Å². The van der Waals surface area contributed by atoms with Gasteiger partial charge >= 0.3 is 11.9 Å². The summed E-state index contributed by atoms with van der Waals surface area (Å²) in [5, 5.41) is 0.389. The Morgan fingerprint density at radius 2 is 1.19 bits per heavy atom. The van der Waals surface area contributed by atoms with Crippen molar-refractivity contribution < 1.29 is 32.4 Å². The average molecular weight is 703 g/mol. The molecule has 0 saturated carbocycles. The zero-order valence-electron chi connectivity index (χ0n) is 28.0. The van der Waals surface area contributed by atoms with Gasteiger partial charge in [0, 0.05) is 37.6 Å². The normalized spacial score (nSPS) is 16.8. The second kappa shape index (κ2) is 18.7. The van der Waals surface area contributed by atoms with E-state index in [0.29, 0.717) is 12.8 Å². The van der Waals surface area contributed by atoms with Crippen molar-refractivity contribution in [2.75, 3.05) is 37.9 Å². The van der Waals surface area contributed by atoms with Crippen molar-refractivity contribution in [1.29, 1.82) is 0 Å². The van der Waals surface area contributed by atoms with Crippen LogP contribution in [-0.2, 0) is 44.2 Å². The maximum absolute atomic E-state index is 12.6. The highest BCUT2D eigenvalue weighted by Crippen LogP contribution is 2.74. The molecule has 1 aliphatic rings. The highest BCUT2D eigenvalue weighted by molar-refractivity contribution is 9.00. The van der Waals surface area contributed by atoms with Crippen LogP contribution in [0.5, 0.6) is 0 Å². The first kappa shape index (κ1) is 40.6. The number of hydrogen-bond donors (Lipinski definition) is 0. The molecule has 1 fully saturated rings. The lowest BCUT2D eigenvalue weighted by Gasteiger charge is -2.36. The van der Waals surface area contributed by atoms with E-state index in [1.54, 1.807) is 22.8 Å². The first-order valence-electron chi connectivity index (χ1n) is 15.4. The second-order valence-corrected chi connectivity index (χ2v) is 34.4. The molecule has 1 heterocycles. The van der Waals surface area contributed by atoms with Gasteiger partial charge in [0.25, 0.3) is 0 Å². The summed E-state index contributed by atoms with van der Waals surface area (Å²) >= 11 is 9.03. The lowest BCUT2D eigenvalue weighted by molar-refractivity contribution is -0.160. The van der Waals surface area contributed by atoms with Crippen LogP contribution in [0.2, 0.25) is 36.3 Å². The SMILES string of the molecule is CC(C)(C)[Si](C)(C)OCCCCCC(=O)OC[C@H](COP1(=S)SCCS1)OC(=O)CCCCCO[Si](C)(C)C(C)(C)C. The first-order chi connectivity index (χ1) is 19.3. The van der Waals surface area contributed by atoms with Crippen molar-refractivity contribution in [1.82, 2.24) is 0 Å². The molecule has 0 spiro atoms. The number of carbonyl (C=O) groups is 2. The van der Waals surface area contributed by atoms with E-state index in [-0.39, 0.29) is 35.2 Å². The van der Waals surface area contributed by atoms with Crippen molar-refractivity contribution in [2.24, 2.45) is 0 Å². The lowest BCUT2D eigenvalue weighted by atomic mass is 10.2. The van der Waals surface area contributed by atoms with Gasteiger partial charge in [-0.3, -0.25) is 9.59 Å². The van der Waals surface area contributed by atoms with E-state index >= 15 is 0 Å². The van der Waals surface area contributed by atoms with E-state index in [9.17, 15) is 9.59 Å². The Balaban J connectivity index is 2.40. The number of esters is 2. The highest BCUT2D eigenvalue weighted by atomic mass is 33.2. The molecule has 7 nitrogen and oxygen atoms in total. The quantitative estimate of drug-likeness (QED) is 0.0530. The minimum atomic E-state index is -2.01. The molecule has 0 aliphatic carbocycles. The van der Waals surface area contributed by atoms with E-state index in [1.807, 2.05) is 0 Å². The van der Waals surface area contributed by atoms with Crippen LogP contribution >= 0.6 is 27.4 Å². The molecular formula is C29H59O7PS3Si2. The third-order valence-corrected chi connectivity index (χ3v) is 27.3. The topological polar surface area (TPSA) is 80.3 Å². The third-order valence-electron chi connectivity index (χ3n) is 8.32. The Morgan fingerprint density at radius 3 is 1.64 bits per heavy atom. The fourth-order valence-electron chi connectivity index (χ4n) is 3.39. The fourth-order valence-corrected chi connectivity index (χ4v) is 14.4. The number of unbranched alkanes of at least 4 members (excludes halogenated alkanes) is 4. The Bertz CT molecular complexity index is 866. The molecule has 248 valence electrons. The minimum Gasteiger partial charge on any atom is -0.462 e. The van der Waals surface area contributed by atoms with Gasteiger partial charge in [-0.25, -0.2) is 0 Å². The van der Waals surface area contributed by atoms with E-state index < -0.39 is 27.4 Å². The maximum Gasteiger partial charge on any atom is 0.306 e. The Kier molecular flexibility index (Phi) is 18.1. The molecule has 0 aromatic rings. The van der Waals surface area contributed by atoms with Gasteiger partial charge in [-0.2, -0.15) is 0 Å². The molecule has 1 atom stereocenters. The van der Waals surface area contributed by atoms with Crippen LogP contribution in [0.1, 0.15) is 92.9 Å². The second-order valence-electron chi connectivity index (χ2n) is 14.0. The largest absolute Gasteiger partial charge is 0.462 e. The number of ether oxygens (including phenoxy) is 2. The van der Waals surface area contributed by atoms with Crippen molar-refractivity contribution in [3.05, 3.63) is 0 Å². The molecule has 0 radical (unpaired) electrons. The molecule has 1 aliphatic heterocycles. The fraction of sp³-hybridized carbons (Fsp3) is 0.931. The molecule has 0 unspecified atom stereocenters. The summed E-state index contributed by atoms with van der Waals surface area (Å²) in [5.41, 5.74) is 0. The summed E-state index contributed by atoms with van der Waals surface area (Å²) in [7, 11) is -3.48. The highest BCUT2D eigenvalue weighted by Gasteiger charge is 2.37. The number of hydrogen-bond acceptors (Lipinski definition) is 10. The summed E-state index contributed by atoms with van der Waals surface area (Å²) in [6.45, 7) is 24.0. The molecule has 0 N–H and O–H groups in total. The standard InChI is InChI=1S/C29H59O7PS3Si2/c1-28(2,3)41(7,8)34-19-15-11-13-17-26(30)32-23-25(24-33-37(38)39-21-22-40-37)36-27(31)18-14-12-16-20-35-42(9,10)29(4,5)6/h25H,11-24H2,1-10H3/t25-/m1/s1.